The fourth-order valence-corrected chi connectivity index (χ4v) is 4.59. The van der Waals surface area contributed by atoms with Gasteiger partial charge in [-0.3, -0.25) is 14.7 Å². The number of nitrogens with one attached hydrogen (secondary N) is 2. The number of hydrogen-bond acceptors (Lipinski definition) is 6. The summed E-state index contributed by atoms with van der Waals surface area (Å²) in [5, 5.41) is 6.20. The quantitative estimate of drug-likeness (QED) is 0.608. The number of aromatic nitrogens is 1. The summed E-state index contributed by atoms with van der Waals surface area (Å²) < 4.78 is 13.2. The molecule has 0 bridgehead atoms. The minimum absolute atomic E-state index is 0.131. The number of anilines is 1. The number of fused-ring (bicyclic) bond motifs is 1. The van der Waals surface area contributed by atoms with Crippen LogP contribution in [-0.4, -0.2) is 61.6 Å². The van der Waals surface area contributed by atoms with Gasteiger partial charge in [-0.2, -0.15) is 0 Å². The molecule has 1 aromatic carbocycles. The zero-order chi connectivity index (χ0) is 25.6. The number of hydrogen-bond donors (Lipinski definition) is 3. The Morgan fingerprint density at radius 2 is 2.03 bits per heavy atom. The topological polar surface area (TPSA) is 86.5 Å². The van der Waals surface area contributed by atoms with Gasteiger partial charge in [0, 0.05) is 62.8 Å². The molecule has 4 rings (SSSR count). The lowest BCUT2D eigenvalue weighted by atomic mass is 9.91. The Balaban J connectivity index is 0.000000509. The third kappa shape index (κ3) is 7.26. The van der Waals surface area contributed by atoms with Crippen molar-refractivity contribution < 1.29 is 9.18 Å². The van der Waals surface area contributed by atoms with Crippen LogP contribution in [0.3, 0.4) is 0 Å². The van der Waals surface area contributed by atoms with Gasteiger partial charge in [-0.15, -0.1) is 0 Å². The molecule has 1 unspecified atom stereocenters. The molecule has 0 spiro atoms. The van der Waals surface area contributed by atoms with Crippen LogP contribution in [0.2, 0.25) is 0 Å². The first kappa shape index (κ1) is 26.6. The van der Waals surface area contributed by atoms with Crippen LogP contribution >= 0.6 is 0 Å². The Morgan fingerprint density at radius 3 is 2.63 bits per heavy atom. The maximum Gasteiger partial charge on any atom is 0.241 e. The highest BCUT2D eigenvalue weighted by Gasteiger charge is 2.40. The van der Waals surface area contributed by atoms with E-state index in [1.807, 2.05) is 25.1 Å². The summed E-state index contributed by atoms with van der Waals surface area (Å²) in [4.78, 5) is 22.0. The van der Waals surface area contributed by atoms with Gasteiger partial charge < -0.3 is 21.3 Å². The highest BCUT2D eigenvalue weighted by molar-refractivity contribution is 5.97. The van der Waals surface area contributed by atoms with Crippen LogP contribution in [0.15, 0.2) is 48.4 Å². The van der Waals surface area contributed by atoms with Crippen molar-refractivity contribution in [1.82, 2.24) is 20.5 Å². The van der Waals surface area contributed by atoms with Crippen LogP contribution in [0.1, 0.15) is 44.5 Å². The summed E-state index contributed by atoms with van der Waals surface area (Å²) in [6.07, 6.45) is 4.29. The van der Waals surface area contributed by atoms with Gasteiger partial charge in [0.25, 0.3) is 0 Å². The summed E-state index contributed by atoms with van der Waals surface area (Å²) in [5.41, 5.74) is 9.78. The number of nitrogens with zero attached hydrogens (tertiary/aromatic N) is 3. The van der Waals surface area contributed by atoms with Crippen LogP contribution in [0, 0.1) is 5.82 Å². The van der Waals surface area contributed by atoms with E-state index >= 15 is 0 Å². The standard InChI is InChI=1S/C23H29FN4O.C4H10N2/c1-16-13-27(9-8-25-16)14-21(29)28-15-23(2,3)22-20(28)11-18(12-26-22)10-17-4-6-19(24)7-5-17;1-4(5)3-6-2/h4-7,11-12,16,25H,8-10,13-15H2,1-3H3;3,6H,5H2,1-2H3/b;4-3-. The van der Waals surface area contributed by atoms with E-state index in [4.69, 9.17) is 10.7 Å². The van der Waals surface area contributed by atoms with E-state index < -0.39 is 0 Å². The summed E-state index contributed by atoms with van der Waals surface area (Å²) in [6, 6.07) is 9.02. The minimum Gasteiger partial charge on any atom is -0.401 e. The molecule has 1 atom stereocenters. The second kappa shape index (κ2) is 11.6. The smallest absolute Gasteiger partial charge is 0.241 e. The van der Waals surface area contributed by atoms with Crippen LogP contribution in [0.4, 0.5) is 10.1 Å². The van der Waals surface area contributed by atoms with Crippen molar-refractivity contribution in [1.29, 1.82) is 0 Å². The second-order valence-electron chi connectivity index (χ2n) is 10.1. The van der Waals surface area contributed by atoms with Crippen molar-refractivity contribution in [2.45, 2.75) is 45.6 Å². The molecule has 1 amide bonds. The minimum atomic E-state index is -0.235. The Hall–Kier alpha value is -2.97. The molecule has 0 saturated carbocycles. The van der Waals surface area contributed by atoms with E-state index in [1.165, 1.54) is 12.1 Å². The summed E-state index contributed by atoms with van der Waals surface area (Å²) in [6.45, 7) is 12.0. The molecule has 0 radical (unpaired) electrons. The summed E-state index contributed by atoms with van der Waals surface area (Å²) >= 11 is 0. The molecule has 1 saturated heterocycles. The fourth-order valence-electron chi connectivity index (χ4n) is 4.59. The van der Waals surface area contributed by atoms with E-state index in [0.29, 0.717) is 25.6 Å². The van der Waals surface area contributed by atoms with Gasteiger partial charge in [-0.1, -0.05) is 26.0 Å². The molecule has 35 heavy (non-hydrogen) atoms. The number of carbonyl (C=O) groups excluding carboxylic acids is 1. The van der Waals surface area contributed by atoms with Crippen LogP contribution < -0.4 is 21.3 Å². The summed E-state index contributed by atoms with van der Waals surface area (Å²) in [7, 11) is 1.82. The lowest BCUT2D eigenvalue weighted by Gasteiger charge is -2.32. The van der Waals surface area contributed by atoms with Gasteiger partial charge in [0.2, 0.25) is 5.91 Å². The zero-order valence-electron chi connectivity index (χ0n) is 21.6. The molecule has 2 aromatic rings. The van der Waals surface area contributed by atoms with Gasteiger partial charge in [0.15, 0.2) is 0 Å². The van der Waals surface area contributed by atoms with Crippen molar-refractivity contribution in [3.05, 3.63) is 71.1 Å². The largest absolute Gasteiger partial charge is 0.401 e. The van der Waals surface area contributed by atoms with Gasteiger partial charge >= 0.3 is 0 Å². The predicted octanol–water partition coefficient (Wildman–Crippen LogP) is 2.76. The van der Waals surface area contributed by atoms with Crippen LogP contribution in [0.5, 0.6) is 0 Å². The molecule has 2 aliphatic heterocycles. The Labute approximate surface area is 208 Å². The van der Waals surface area contributed by atoms with Gasteiger partial charge in [-0.05, 0) is 49.6 Å². The monoisotopic (exact) mass is 482 g/mol. The average molecular weight is 483 g/mol. The second-order valence-corrected chi connectivity index (χ2v) is 10.1. The normalized spacial score (nSPS) is 19.5. The van der Waals surface area contributed by atoms with E-state index in [1.54, 1.807) is 18.3 Å². The molecule has 190 valence electrons. The average Bonchev–Trinajstić information content (AvgIpc) is 3.06. The van der Waals surface area contributed by atoms with Gasteiger partial charge in [0.1, 0.15) is 5.82 Å². The Morgan fingerprint density at radius 1 is 1.31 bits per heavy atom. The number of halogens is 1. The SMILES string of the molecule is CC1CN(CC(=O)N2CC(C)(C)c3ncc(Cc4ccc(F)cc4)cc32)CCN1.CN/C=C(/C)N. The molecular weight excluding hydrogens is 443 g/mol. The Kier molecular flexibility index (Phi) is 8.86. The highest BCUT2D eigenvalue weighted by atomic mass is 19.1. The Bertz CT molecular complexity index is 1030. The first-order valence-corrected chi connectivity index (χ1v) is 12.2. The van der Waals surface area contributed by atoms with Crippen molar-refractivity contribution >= 4 is 11.6 Å². The van der Waals surface area contributed by atoms with Crippen molar-refractivity contribution in [3.8, 4) is 0 Å². The van der Waals surface area contributed by atoms with Crippen molar-refractivity contribution in [3.63, 3.8) is 0 Å². The molecule has 1 aromatic heterocycles. The first-order valence-electron chi connectivity index (χ1n) is 12.2. The van der Waals surface area contributed by atoms with Crippen molar-refractivity contribution in [2.24, 2.45) is 5.73 Å². The molecular formula is C27H39FN6O. The number of nitrogens with two attached hydrogens (primary N) is 1. The maximum absolute atomic E-state index is 13.2. The third-order valence-corrected chi connectivity index (χ3v) is 6.22. The molecule has 7 nitrogen and oxygen atoms in total. The van der Waals surface area contributed by atoms with E-state index in [2.05, 4.69) is 42.4 Å². The van der Waals surface area contributed by atoms with Crippen molar-refractivity contribution in [2.75, 3.05) is 44.7 Å². The maximum atomic E-state index is 13.2. The molecule has 1 fully saturated rings. The number of amides is 1. The lowest BCUT2D eigenvalue weighted by Crippen LogP contribution is -2.52. The highest BCUT2D eigenvalue weighted by Crippen LogP contribution is 2.39. The van der Waals surface area contributed by atoms with E-state index in [0.717, 1.165) is 47.8 Å². The van der Waals surface area contributed by atoms with E-state index in [-0.39, 0.29) is 17.1 Å². The fraction of sp³-hybridized carbons (Fsp3) is 0.481. The molecule has 4 N–H and O–H groups in total. The van der Waals surface area contributed by atoms with Gasteiger partial charge in [0.05, 0.1) is 17.9 Å². The number of rotatable bonds is 5. The van der Waals surface area contributed by atoms with Crippen LogP contribution in [0.25, 0.3) is 0 Å². The van der Waals surface area contributed by atoms with Gasteiger partial charge in [-0.25, -0.2) is 4.39 Å². The number of pyridine rings is 1. The number of carbonyl (C=O) groups is 1. The first-order chi connectivity index (χ1) is 16.6. The number of piperazine rings is 1. The zero-order valence-corrected chi connectivity index (χ0v) is 21.6. The third-order valence-electron chi connectivity index (χ3n) is 6.22. The van der Waals surface area contributed by atoms with E-state index in [9.17, 15) is 9.18 Å². The lowest BCUT2D eigenvalue weighted by molar-refractivity contribution is -0.120. The number of allylic oxidation sites excluding steroid dienone is 1. The van der Waals surface area contributed by atoms with Crippen LogP contribution in [-0.2, 0) is 16.6 Å². The number of benzene rings is 1. The molecule has 2 aliphatic rings. The summed E-state index contributed by atoms with van der Waals surface area (Å²) in [5.74, 6) is -0.103. The predicted molar refractivity (Wildman–Crippen MR) is 140 cm³/mol. The molecule has 8 heteroatoms. The molecule has 0 aliphatic carbocycles. The molecule has 3 heterocycles.